The smallest absolute Gasteiger partial charge is 0.293 e. The van der Waals surface area contributed by atoms with Gasteiger partial charge in [0, 0.05) is 19.6 Å². The predicted molar refractivity (Wildman–Crippen MR) is 98.3 cm³/mol. The number of ether oxygens (including phenoxy) is 1. The van der Waals surface area contributed by atoms with E-state index >= 15 is 0 Å². The van der Waals surface area contributed by atoms with Gasteiger partial charge in [0.15, 0.2) is 10.9 Å². The summed E-state index contributed by atoms with van der Waals surface area (Å²) in [6.45, 7) is 3.32. The van der Waals surface area contributed by atoms with Crippen LogP contribution in [0.5, 0.6) is 0 Å². The molecule has 1 aliphatic rings. The lowest BCUT2D eigenvalue weighted by Crippen LogP contribution is -2.46. The lowest BCUT2D eigenvalue weighted by molar-refractivity contribution is 0.0170. The average molecular weight is 377 g/mol. The summed E-state index contributed by atoms with van der Waals surface area (Å²) in [4.78, 5) is 14.2. The molecule has 1 atom stereocenters. The van der Waals surface area contributed by atoms with Crippen molar-refractivity contribution < 1.29 is 18.3 Å². The summed E-state index contributed by atoms with van der Waals surface area (Å²) in [6.07, 6.45) is 1.42. The van der Waals surface area contributed by atoms with E-state index in [1.54, 1.807) is 24.3 Å². The number of rotatable bonds is 5. The molecule has 1 fully saturated rings. The second-order valence-corrected chi connectivity index (χ2v) is 6.27. The van der Waals surface area contributed by atoms with Gasteiger partial charge in [0.1, 0.15) is 5.82 Å². The molecule has 8 heteroatoms. The van der Waals surface area contributed by atoms with E-state index in [9.17, 15) is 9.18 Å². The Hall–Kier alpha value is -2.29. The van der Waals surface area contributed by atoms with E-state index in [0.717, 1.165) is 18.7 Å². The maximum absolute atomic E-state index is 13.3. The standard InChI is InChI=1S/C18H20FN3O3S/c19-14-5-3-13(4-6-14)15(22-7-10-24-11-8-22)12-20-18(26)21-17(23)16-2-1-9-25-16/h1-6,9,15H,7-8,10-12H2,(H2,20,21,23,26)/t15-/m1/s1. The van der Waals surface area contributed by atoms with E-state index in [1.165, 1.54) is 18.4 Å². The van der Waals surface area contributed by atoms with Crippen LogP contribution in [-0.4, -0.2) is 48.8 Å². The number of morpholine rings is 1. The Labute approximate surface area is 156 Å². The van der Waals surface area contributed by atoms with Gasteiger partial charge in [-0.2, -0.15) is 0 Å². The van der Waals surface area contributed by atoms with Crippen LogP contribution in [0, 0.1) is 5.82 Å². The van der Waals surface area contributed by atoms with Gasteiger partial charge < -0.3 is 14.5 Å². The van der Waals surface area contributed by atoms with Crippen LogP contribution in [0.15, 0.2) is 47.1 Å². The highest BCUT2D eigenvalue weighted by Gasteiger charge is 2.23. The third-order valence-corrected chi connectivity index (χ3v) is 4.42. The number of carbonyl (C=O) groups excluding carboxylic acids is 1. The number of furan rings is 1. The van der Waals surface area contributed by atoms with Crippen molar-refractivity contribution in [3.8, 4) is 0 Å². The Morgan fingerprint density at radius 1 is 1.23 bits per heavy atom. The zero-order valence-corrected chi connectivity index (χ0v) is 14.9. The number of amides is 1. The molecule has 0 radical (unpaired) electrons. The summed E-state index contributed by atoms with van der Waals surface area (Å²) in [5, 5.41) is 5.87. The van der Waals surface area contributed by atoms with Crippen LogP contribution in [0.4, 0.5) is 4.39 Å². The Morgan fingerprint density at radius 2 is 1.96 bits per heavy atom. The molecule has 0 saturated carbocycles. The van der Waals surface area contributed by atoms with Crippen molar-refractivity contribution in [2.45, 2.75) is 6.04 Å². The molecule has 26 heavy (non-hydrogen) atoms. The summed E-state index contributed by atoms with van der Waals surface area (Å²) < 4.78 is 23.7. The van der Waals surface area contributed by atoms with Gasteiger partial charge in [0.2, 0.25) is 0 Å². The van der Waals surface area contributed by atoms with Gasteiger partial charge in [-0.15, -0.1) is 0 Å². The number of hydrogen-bond donors (Lipinski definition) is 2. The van der Waals surface area contributed by atoms with Crippen molar-refractivity contribution in [3.63, 3.8) is 0 Å². The lowest BCUT2D eigenvalue weighted by Gasteiger charge is -2.35. The fourth-order valence-electron chi connectivity index (χ4n) is 2.84. The first-order chi connectivity index (χ1) is 12.6. The molecule has 1 aromatic carbocycles. The molecule has 2 heterocycles. The fraction of sp³-hybridized carbons (Fsp3) is 0.333. The molecule has 0 aliphatic carbocycles. The maximum Gasteiger partial charge on any atom is 0.293 e. The second kappa shape index (κ2) is 8.88. The number of halogens is 1. The first-order valence-electron chi connectivity index (χ1n) is 8.33. The lowest BCUT2D eigenvalue weighted by atomic mass is 10.0. The van der Waals surface area contributed by atoms with Crippen LogP contribution in [0.3, 0.4) is 0 Å². The quantitative estimate of drug-likeness (QED) is 0.778. The number of carbonyl (C=O) groups is 1. The van der Waals surface area contributed by atoms with E-state index in [4.69, 9.17) is 21.4 Å². The minimum Gasteiger partial charge on any atom is -0.459 e. The molecule has 1 aliphatic heterocycles. The van der Waals surface area contributed by atoms with Gasteiger partial charge in [-0.1, -0.05) is 12.1 Å². The average Bonchev–Trinajstić information content (AvgIpc) is 3.19. The molecule has 0 spiro atoms. The summed E-state index contributed by atoms with van der Waals surface area (Å²) in [6, 6.07) is 9.60. The van der Waals surface area contributed by atoms with Crippen molar-refractivity contribution in [1.82, 2.24) is 15.5 Å². The molecule has 6 nitrogen and oxygen atoms in total. The summed E-state index contributed by atoms with van der Waals surface area (Å²) >= 11 is 5.21. The van der Waals surface area contributed by atoms with Crippen molar-refractivity contribution in [3.05, 3.63) is 59.8 Å². The molecule has 1 saturated heterocycles. The van der Waals surface area contributed by atoms with Gasteiger partial charge >= 0.3 is 0 Å². The zero-order valence-electron chi connectivity index (χ0n) is 14.1. The van der Waals surface area contributed by atoms with Gasteiger partial charge in [0.25, 0.3) is 5.91 Å². The van der Waals surface area contributed by atoms with Gasteiger partial charge in [0.05, 0.1) is 25.5 Å². The highest BCUT2D eigenvalue weighted by atomic mass is 32.1. The third-order valence-electron chi connectivity index (χ3n) is 4.17. The number of benzene rings is 1. The molecule has 1 amide bonds. The molecule has 3 rings (SSSR count). The molecule has 138 valence electrons. The molecule has 0 unspecified atom stereocenters. The van der Waals surface area contributed by atoms with Crippen molar-refractivity contribution in [2.75, 3.05) is 32.8 Å². The van der Waals surface area contributed by atoms with Gasteiger partial charge in [-0.05, 0) is 42.0 Å². The number of hydrogen-bond acceptors (Lipinski definition) is 5. The van der Waals surface area contributed by atoms with E-state index < -0.39 is 5.91 Å². The molecule has 2 N–H and O–H groups in total. The van der Waals surface area contributed by atoms with E-state index in [-0.39, 0.29) is 22.7 Å². The van der Waals surface area contributed by atoms with E-state index in [0.29, 0.717) is 19.8 Å². The summed E-state index contributed by atoms with van der Waals surface area (Å²) in [7, 11) is 0. The monoisotopic (exact) mass is 377 g/mol. The van der Waals surface area contributed by atoms with Crippen molar-refractivity contribution >= 4 is 23.2 Å². The van der Waals surface area contributed by atoms with Gasteiger partial charge in [-0.25, -0.2) is 4.39 Å². The highest BCUT2D eigenvalue weighted by Crippen LogP contribution is 2.21. The first-order valence-corrected chi connectivity index (χ1v) is 8.74. The highest BCUT2D eigenvalue weighted by molar-refractivity contribution is 7.80. The van der Waals surface area contributed by atoms with Crippen LogP contribution < -0.4 is 10.6 Å². The van der Waals surface area contributed by atoms with Crippen LogP contribution in [0.2, 0.25) is 0 Å². The Morgan fingerprint density at radius 3 is 2.62 bits per heavy atom. The molecular formula is C18H20FN3O3S. The summed E-state index contributed by atoms with van der Waals surface area (Å²) in [5.74, 6) is -0.488. The van der Waals surface area contributed by atoms with Crippen LogP contribution >= 0.6 is 12.2 Å². The zero-order chi connectivity index (χ0) is 18.4. The van der Waals surface area contributed by atoms with E-state index in [1.807, 2.05) is 0 Å². The molecular weight excluding hydrogens is 357 g/mol. The van der Waals surface area contributed by atoms with Crippen LogP contribution in [-0.2, 0) is 4.74 Å². The van der Waals surface area contributed by atoms with E-state index in [2.05, 4.69) is 15.5 Å². The van der Waals surface area contributed by atoms with Crippen LogP contribution in [0.25, 0.3) is 0 Å². The minimum atomic E-state index is -0.405. The summed E-state index contributed by atoms with van der Waals surface area (Å²) in [5.41, 5.74) is 0.973. The number of thiocarbonyl (C=S) groups is 1. The van der Waals surface area contributed by atoms with Crippen molar-refractivity contribution in [2.24, 2.45) is 0 Å². The Bertz CT molecular complexity index is 731. The normalized spacial score (nSPS) is 16.0. The molecule has 0 bridgehead atoms. The SMILES string of the molecule is O=C(NC(=S)NC[C@H](c1ccc(F)cc1)N1CCOCC1)c1ccco1. The van der Waals surface area contributed by atoms with Crippen molar-refractivity contribution in [1.29, 1.82) is 0 Å². The Balaban J connectivity index is 1.62. The topological polar surface area (TPSA) is 66.7 Å². The van der Waals surface area contributed by atoms with Crippen LogP contribution in [0.1, 0.15) is 22.2 Å². The van der Waals surface area contributed by atoms with Gasteiger partial charge in [-0.3, -0.25) is 15.0 Å². The Kier molecular flexibility index (Phi) is 6.32. The maximum atomic E-state index is 13.3. The number of nitrogens with one attached hydrogen (secondary N) is 2. The minimum absolute atomic E-state index is 0.0158. The number of nitrogens with zero attached hydrogens (tertiary/aromatic N) is 1. The third kappa shape index (κ3) is 4.87. The first kappa shape index (κ1) is 18.5. The predicted octanol–water partition coefficient (Wildman–Crippen LogP) is 2.10. The second-order valence-electron chi connectivity index (χ2n) is 5.86. The molecule has 2 aromatic rings. The fourth-order valence-corrected chi connectivity index (χ4v) is 3.01. The molecule has 1 aromatic heterocycles. The largest absolute Gasteiger partial charge is 0.459 e.